The number of rotatable bonds is 6. The zero-order valence-electron chi connectivity index (χ0n) is 20.5. The number of pyridine rings is 2. The number of aryl methyl sites for hydroxylation is 1. The zero-order valence-corrected chi connectivity index (χ0v) is 20.5. The number of nitriles is 1. The van der Waals surface area contributed by atoms with Gasteiger partial charge in [0.2, 0.25) is 0 Å². The number of anilines is 1. The Kier molecular flexibility index (Phi) is 6.94. The minimum Gasteiger partial charge on any atom is -0.372 e. The summed E-state index contributed by atoms with van der Waals surface area (Å²) in [4.78, 5) is 7.11. The van der Waals surface area contributed by atoms with Crippen LogP contribution in [0.15, 0.2) is 49.2 Å². The van der Waals surface area contributed by atoms with Crippen LogP contribution >= 0.6 is 0 Å². The molecule has 0 amide bonds. The summed E-state index contributed by atoms with van der Waals surface area (Å²) in [6, 6.07) is 8.96. The summed E-state index contributed by atoms with van der Waals surface area (Å²) in [5.74, 6) is 7.03. The molecule has 0 saturated carbocycles. The van der Waals surface area contributed by atoms with Crippen molar-refractivity contribution < 1.29 is 4.74 Å². The van der Waals surface area contributed by atoms with E-state index in [2.05, 4.69) is 56.5 Å². The molecule has 182 valence electrons. The van der Waals surface area contributed by atoms with Gasteiger partial charge in [0.1, 0.15) is 18.5 Å². The second-order valence-electron chi connectivity index (χ2n) is 8.84. The molecule has 5 rings (SSSR count). The molecule has 0 spiro atoms. The Hall–Kier alpha value is -4.18. The van der Waals surface area contributed by atoms with Crippen molar-refractivity contribution in [1.29, 1.82) is 5.26 Å². The van der Waals surface area contributed by atoms with Crippen molar-refractivity contribution in [2.45, 2.75) is 18.9 Å². The summed E-state index contributed by atoms with van der Waals surface area (Å²) >= 11 is 0. The van der Waals surface area contributed by atoms with Crippen molar-refractivity contribution in [2.75, 3.05) is 38.3 Å². The standard InChI is InChI=1S/C27H28N8O/c1-33-18-23(17-31-33)21-13-25(27-22(14-28)16-32-35(27)19-21)20-5-6-26(30-15-20)34-10-7-24(8-11-34)29-9-3-4-12-36-2/h5-6,13,15-19,24,29H,7-12H2,1-2H3. The molecule has 0 radical (unpaired) electrons. The first-order valence-corrected chi connectivity index (χ1v) is 12.0. The van der Waals surface area contributed by atoms with Gasteiger partial charge in [-0.15, -0.1) is 0 Å². The molecule has 4 aromatic heterocycles. The number of hydrogen-bond donors (Lipinski definition) is 1. The molecule has 4 aromatic rings. The highest BCUT2D eigenvalue weighted by molar-refractivity contribution is 5.87. The Morgan fingerprint density at radius 1 is 1.06 bits per heavy atom. The molecule has 0 aromatic carbocycles. The van der Waals surface area contributed by atoms with Gasteiger partial charge in [0, 0.05) is 74.1 Å². The summed E-state index contributed by atoms with van der Waals surface area (Å²) in [6.07, 6.45) is 11.3. The van der Waals surface area contributed by atoms with Crippen molar-refractivity contribution in [3.63, 3.8) is 0 Å². The number of piperidine rings is 1. The second kappa shape index (κ2) is 10.6. The van der Waals surface area contributed by atoms with Gasteiger partial charge in [-0.05, 0) is 31.0 Å². The van der Waals surface area contributed by atoms with Gasteiger partial charge in [-0.1, -0.05) is 11.8 Å². The lowest BCUT2D eigenvalue weighted by atomic mass is 10.0. The fourth-order valence-corrected chi connectivity index (χ4v) is 4.58. The van der Waals surface area contributed by atoms with Crippen molar-refractivity contribution in [2.24, 2.45) is 7.05 Å². The van der Waals surface area contributed by atoms with E-state index < -0.39 is 0 Å². The lowest BCUT2D eigenvalue weighted by Crippen LogP contribution is -2.42. The molecular formula is C27H28N8O. The van der Waals surface area contributed by atoms with Gasteiger partial charge >= 0.3 is 0 Å². The molecule has 5 heterocycles. The largest absolute Gasteiger partial charge is 0.372 e. The minimum atomic E-state index is 0.465. The van der Waals surface area contributed by atoms with Crippen LogP contribution in [0.5, 0.6) is 0 Å². The van der Waals surface area contributed by atoms with Gasteiger partial charge in [0.25, 0.3) is 0 Å². The first-order valence-electron chi connectivity index (χ1n) is 12.0. The number of methoxy groups -OCH3 is 1. The van der Waals surface area contributed by atoms with Crippen molar-refractivity contribution in [1.82, 2.24) is 29.7 Å². The zero-order chi connectivity index (χ0) is 24.9. The lowest BCUT2D eigenvalue weighted by molar-refractivity contribution is 0.239. The van der Waals surface area contributed by atoms with Crippen LogP contribution in [0.4, 0.5) is 5.82 Å². The Bertz CT molecular complexity index is 1440. The highest BCUT2D eigenvalue weighted by atomic mass is 16.5. The highest BCUT2D eigenvalue weighted by Crippen LogP contribution is 2.32. The first kappa shape index (κ1) is 23.6. The van der Waals surface area contributed by atoms with E-state index in [9.17, 15) is 5.26 Å². The summed E-state index contributed by atoms with van der Waals surface area (Å²) in [7, 11) is 3.54. The molecule has 1 aliphatic heterocycles. The first-order chi connectivity index (χ1) is 17.7. The van der Waals surface area contributed by atoms with Gasteiger partial charge in [0.15, 0.2) is 0 Å². The average molecular weight is 481 g/mol. The quantitative estimate of drug-likeness (QED) is 0.424. The van der Waals surface area contributed by atoms with E-state index in [-0.39, 0.29) is 0 Å². The fourth-order valence-electron chi connectivity index (χ4n) is 4.58. The number of fused-ring (bicyclic) bond motifs is 1. The van der Waals surface area contributed by atoms with Crippen LogP contribution < -0.4 is 10.2 Å². The molecule has 1 fully saturated rings. The van der Waals surface area contributed by atoms with E-state index >= 15 is 0 Å². The summed E-state index contributed by atoms with van der Waals surface area (Å²) < 4.78 is 8.49. The third-order valence-corrected chi connectivity index (χ3v) is 6.47. The summed E-state index contributed by atoms with van der Waals surface area (Å²) in [5, 5.41) is 21.9. The van der Waals surface area contributed by atoms with E-state index in [4.69, 9.17) is 9.72 Å². The predicted molar refractivity (Wildman–Crippen MR) is 138 cm³/mol. The molecule has 0 unspecified atom stereocenters. The Labute approximate surface area is 210 Å². The van der Waals surface area contributed by atoms with Gasteiger partial charge in [0.05, 0.1) is 30.0 Å². The molecule has 1 aliphatic rings. The molecule has 1 N–H and O–H groups in total. The molecule has 0 aliphatic carbocycles. The Morgan fingerprint density at radius 3 is 2.61 bits per heavy atom. The van der Waals surface area contributed by atoms with Gasteiger partial charge in [-0.3, -0.25) is 4.68 Å². The van der Waals surface area contributed by atoms with E-state index in [0.29, 0.717) is 24.8 Å². The van der Waals surface area contributed by atoms with Gasteiger partial charge in [-0.2, -0.15) is 15.5 Å². The van der Waals surface area contributed by atoms with Crippen LogP contribution in [0.3, 0.4) is 0 Å². The fraction of sp³-hybridized carbons (Fsp3) is 0.333. The molecular weight excluding hydrogens is 452 g/mol. The second-order valence-corrected chi connectivity index (χ2v) is 8.84. The number of ether oxygens (including phenoxy) is 1. The highest BCUT2D eigenvalue weighted by Gasteiger charge is 2.20. The van der Waals surface area contributed by atoms with Crippen LogP contribution in [0.25, 0.3) is 27.8 Å². The third kappa shape index (κ3) is 4.94. The average Bonchev–Trinajstić information content (AvgIpc) is 3.54. The maximum Gasteiger partial charge on any atom is 0.128 e. The van der Waals surface area contributed by atoms with Crippen LogP contribution in [0.1, 0.15) is 18.4 Å². The number of nitrogens with one attached hydrogen (secondary N) is 1. The molecule has 36 heavy (non-hydrogen) atoms. The Balaban J connectivity index is 1.34. The topological polar surface area (TPSA) is 96.3 Å². The maximum atomic E-state index is 9.66. The molecule has 0 atom stereocenters. The maximum absolute atomic E-state index is 9.66. The number of hydrogen-bond acceptors (Lipinski definition) is 7. The van der Waals surface area contributed by atoms with Crippen molar-refractivity contribution in [3.8, 4) is 40.2 Å². The normalized spacial score (nSPS) is 14.0. The smallest absolute Gasteiger partial charge is 0.128 e. The van der Waals surface area contributed by atoms with E-state index in [0.717, 1.165) is 59.5 Å². The molecule has 9 heteroatoms. The predicted octanol–water partition coefficient (Wildman–Crippen LogP) is 2.88. The minimum absolute atomic E-state index is 0.465. The van der Waals surface area contributed by atoms with Gasteiger partial charge < -0.3 is 15.0 Å². The van der Waals surface area contributed by atoms with Crippen LogP contribution in [-0.4, -0.2) is 63.8 Å². The summed E-state index contributed by atoms with van der Waals surface area (Å²) in [6.45, 7) is 3.04. The van der Waals surface area contributed by atoms with Crippen molar-refractivity contribution in [3.05, 3.63) is 54.7 Å². The van der Waals surface area contributed by atoms with Crippen LogP contribution in [0, 0.1) is 23.2 Å². The van der Waals surface area contributed by atoms with E-state index in [1.807, 2.05) is 31.8 Å². The lowest BCUT2D eigenvalue weighted by Gasteiger charge is -2.33. The van der Waals surface area contributed by atoms with Crippen molar-refractivity contribution >= 4 is 11.3 Å². The van der Waals surface area contributed by atoms with E-state index in [1.165, 1.54) is 0 Å². The number of aromatic nitrogens is 5. The summed E-state index contributed by atoms with van der Waals surface area (Å²) in [5.41, 5.74) is 5.14. The van der Waals surface area contributed by atoms with Crippen LogP contribution in [-0.2, 0) is 11.8 Å². The molecule has 0 bridgehead atoms. The monoisotopic (exact) mass is 480 g/mol. The van der Waals surface area contributed by atoms with E-state index in [1.54, 1.807) is 22.5 Å². The third-order valence-electron chi connectivity index (χ3n) is 6.47. The Morgan fingerprint density at radius 2 is 1.92 bits per heavy atom. The molecule has 9 nitrogen and oxygen atoms in total. The van der Waals surface area contributed by atoms with Gasteiger partial charge in [-0.25, -0.2) is 9.50 Å². The van der Waals surface area contributed by atoms with Crippen LogP contribution in [0.2, 0.25) is 0 Å². The number of nitrogens with zero attached hydrogens (tertiary/aromatic N) is 7. The molecule has 1 saturated heterocycles. The SMILES string of the molecule is COCC#CCNC1CCN(c2ccc(-c3cc(-c4cnn(C)c4)cn4ncc(C#N)c34)cn2)CC1.